The Morgan fingerprint density at radius 3 is 2.38 bits per heavy atom. The van der Waals surface area contributed by atoms with E-state index in [9.17, 15) is 8.42 Å². The fraction of sp³-hybridized carbons (Fsp3) is 0.562. The lowest BCUT2D eigenvalue weighted by atomic mass is 10.3. The molecule has 8 heteroatoms. The van der Waals surface area contributed by atoms with Crippen LogP contribution >= 0.6 is 0 Å². The Kier molecular flexibility index (Phi) is 7.65. The van der Waals surface area contributed by atoms with E-state index in [2.05, 4.69) is 5.16 Å². The lowest BCUT2D eigenvalue weighted by Crippen LogP contribution is -2.35. The second-order valence-corrected chi connectivity index (χ2v) is 7.63. The minimum Gasteiger partial charge on any atom is -0.382 e. The minimum atomic E-state index is -3.78. The summed E-state index contributed by atoms with van der Waals surface area (Å²) in [6.07, 6.45) is 3.31. The molecule has 0 saturated carbocycles. The normalized spacial score (nSPS) is 12.3. The van der Waals surface area contributed by atoms with Gasteiger partial charge >= 0.3 is 0 Å². The van der Waals surface area contributed by atoms with Gasteiger partial charge in [-0.2, -0.15) is 0 Å². The zero-order chi connectivity index (χ0) is 18.3. The molecule has 0 atom stereocenters. The van der Waals surface area contributed by atoms with E-state index in [-0.39, 0.29) is 24.1 Å². The molecule has 0 aliphatic heterocycles. The molecule has 1 rings (SSSR count). The van der Waals surface area contributed by atoms with E-state index in [0.29, 0.717) is 17.9 Å². The maximum absolute atomic E-state index is 12.9. The van der Waals surface area contributed by atoms with E-state index in [1.807, 2.05) is 13.8 Å². The molecule has 0 N–H and O–H groups in total. The van der Waals surface area contributed by atoms with Crippen LogP contribution in [0, 0.1) is 13.8 Å². The number of aryl methyl sites for hydroxylation is 1. The number of methoxy groups -OCH3 is 1. The summed E-state index contributed by atoms with van der Waals surface area (Å²) in [5.41, 5.74) is 1.66. The molecule has 0 aliphatic rings. The van der Waals surface area contributed by atoms with E-state index < -0.39 is 10.0 Å². The Morgan fingerprint density at radius 2 is 1.88 bits per heavy atom. The van der Waals surface area contributed by atoms with Crippen molar-refractivity contribution in [2.45, 2.75) is 34.6 Å². The average molecular weight is 358 g/mol. The van der Waals surface area contributed by atoms with Gasteiger partial charge in [0.05, 0.1) is 18.1 Å². The number of aromatic nitrogens is 1. The van der Waals surface area contributed by atoms with Gasteiger partial charge in [-0.15, -0.1) is 0 Å². The molecule has 0 aliphatic carbocycles. The van der Waals surface area contributed by atoms with Crippen LogP contribution in [-0.4, -0.2) is 40.6 Å². The highest BCUT2D eigenvalue weighted by atomic mass is 32.2. The van der Waals surface area contributed by atoms with E-state index in [1.165, 1.54) is 0 Å². The second kappa shape index (κ2) is 9.00. The molecule has 24 heavy (non-hydrogen) atoms. The highest BCUT2D eigenvalue weighted by molar-refractivity contribution is 7.96. The van der Waals surface area contributed by atoms with E-state index >= 15 is 0 Å². The highest BCUT2D eigenvalue weighted by Crippen LogP contribution is 2.26. The van der Waals surface area contributed by atoms with Crippen molar-refractivity contribution in [1.29, 1.82) is 0 Å². The molecular weight excluding hydrogens is 332 g/mol. The van der Waals surface area contributed by atoms with E-state index in [1.54, 1.807) is 40.0 Å². The molecule has 7 nitrogen and oxygen atoms in total. The van der Waals surface area contributed by atoms with Gasteiger partial charge in [-0.05, 0) is 40.7 Å². The predicted molar refractivity (Wildman–Crippen MR) is 93.3 cm³/mol. The first-order valence-electron chi connectivity index (χ1n) is 7.56. The van der Waals surface area contributed by atoms with Crippen molar-refractivity contribution in [3.8, 4) is 0 Å². The summed E-state index contributed by atoms with van der Waals surface area (Å²) >= 11 is 0. The van der Waals surface area contributed by atoms with Gasteiger partial charge in [0.2, 0.25) is 0 Å². The van der Waals surface area contributed by atoms with Gasteiger partial charge in [-0.25, -0.2) is 12.7 Å². The number of ether oxygens (including phenoxy) is 2. The maximum Gasteiger partial charge on any atom is 0.263 e. The smallest absolute Gasteiger partial charge is 0.263 e. The molecule has 0 fully saturated rings. The van der Waals surface area contributed by atoms with Gasteiger partial charge < -0.3 is 14.0 Å². The molecule has 0 bridgehead atoms. The number of anilines is 1. The Balaban J connectivity index is 3.18. The Bertz CT molecular complexity index is 700. The monoisotopic (exact) mass is 358 g/mol. The topological polar surface area (TPSA) is 81.9 Å². The van der Waals surface area contributed by atoms with Crippen molar-refractivity contribution in [1.82, 2.24) is 5.16 Å². The number of hydrogen-bond donors (Lipinski definition) is 0. The number of nitrogens with zero attached hydrogens (tertiary/aromatic N) is 2. The largest absolute Gasteiger partial charge is 0.382 e. The van der Waals surface area contributed by atoms with Crippen molar-refractivity contribution in [3.63, 3.8) is 0 Å². The van der Waals surface area contributed by atoms with Crippen LogP contribution in [0.4, 0.5) is 5.82 Å². The molecule has 0 saturated heterocycles. The molecule has 0 radical (unpaired) electrons. The predicted octanol–water partition coefficient (Wildman–Crippen LogP) is 2.92. The third-order valence-electron chi connectivity index (χ3n) is 3.36. The van der Waals surface area contributed by atoms with Crippen LogP contribution in [-0.2, 0) is 19.5 Å². The van der Waals surface area contributed by atoms with E-state index in [4.69, 9.17) is 14.0 Å². The zero-order valence-corrected chi connectivity index (χ0v) is 15.9. The van der Waals surface area contributed by atoms with Gasteiger partial charge in [0, 0.05) is 12.7 Å². The number of hydrogen-bond acceptors (Lipinski definition) is 6. The molecule has 0 spiro atoms. The zero-order valence-electron chi connectivity index (χ0n) is 15.1. The van der Waals surface area contributed by atoms with Crippen molar-refractivity contribution in [3.05, 3.63) is 34.0 Å². The molecule has 0 aromatic carbocycles. The third kappa shape index (κ3) is 5.19. The fourth-order valence-corrected chi connectivity index (χ4v) is 2.92. The van der Waals surface area contributed by atoms with Crippen LogP contribution in [0.5, 0.6) is 0 Å². The summed E-state index contributed by atoms with van der Waals surface area (Å²) in [4.78, 5) is 0.194. The highest BCUT2D eigenvalue weighted by Gasteiger charge is 2.29. The number of allylic oxidation sites excluding steroid dienone is 4. The van der Waals surface area contributed by atoms with Gasteiger partial charge in [0.1, 0.15) is 12.5 Å². The van der Waals surface area contributed by atoms with Gasteiger partial charge in [0.15, 0.2) is 5.82 Å². The SMILES string of the molecule is COCCOCN(c1noc(C)c1C)S(=O)(=O)/C(C)=C/C=C(C)C. The summed E-state index contributed by atoms with van der Waals surface area (Å²) in [5.74, 6) is 0.794. The van der Waals surface area contributed by atoms with Crippen molar-refractivity contribution in [2.75, 3.05) is 31.4 Å². The van der Waals surface area contributed by atoms with Crippen molar-refractivity contribution >= 4 is 15.8 Å². The molecular formula is C16H26N2O5S. The van der Waals surface area contributed by atoms with Gasteiger partial charge in [-0.3, -0.25) is 0 Å². The molecule has 0 amide bonds. The van der Waals surface area contributed by atoms with Crippen LogP contribution in [0.2, 0.25) is 0 Å². The van der Waals surface area contributed by atoms with Crippen molar-refractivity contribution in [2.24, 2.45) is 0 Å². The first-order chi connectivity index (χ1) is 11.2. The van der Waals surface area contributed by atoms with Crippen LogP contribution in [0.1, 0.15) is 32.1 Å². The first kappa shape index (κ1) is 20.4. The quantitative estimate of drug-likeness (QED) is 0.383. The van der Waals surface area contributed by atoms with Gasteiger partial charge in [0.25, 0.3) is 10.0 Å². The van der Waals surface area contributed by atoms with Crippen LogP contribution < -0.4 is 4.31 Å². The summed E-state index contributed by atoms with van der Waals surface area (Å²) < 4.78 is 42.4. The Labute approximate surface area is 144 Å². The maximum atomic E-state index is 12.9. The minimum absolute atomic E-state index is 0.168. The standard InChI is InChI=1S/C16H26N2O5S/c1-12(2)7-8-13(3)24(19,20)18(11-22-10-9-21-6)16-14(4)15(5)23-17-16/h7-8H,9-11H2,1-6H3/b13-8+. The molecule has 1 aromatic rings. The molecule has 1 aromatic heterocycles. The van der Waals surface area contributed by atoms with Crippen molar-refractivity contribution < 1.29 is 22.4 Å². The average Bonchev–Trinajstić information content (AvgIpc) is 2.84. The first-order valence-corrected chi connectivity index (χ1v) is 9.00. The Morgan fingerprint density at radius 1 is 1.21 bits per heavy atom. The molecule has 1 heterocycles. The summed E-state index contributed by atoms with van der Waals surface area (Å²) in [5, 5.41) is 3.88. The summed E-state index contributed by atoms with van der Waals surface area (Å²) in [6.45, 7) is 9.30. The fourth-order valence-electron chi connectivity index (χ4n) is 1.72. The lowest BCUT2D eigenvalue weighted by Gasteiger charge is -2.22. The third-order valence-corrected chi connectivity index (χ3v) is 5.17. The lowest BCUT2D eigenvalue weighted by molar-refractivity contribution is 0.0753. The van der Waals surface area contributed by atoms with Gasteiger partial charge in [-0.1, -0.05) is 16.8 Å². The Hall–Kier alpha value is -1.64. The summed E-state index contributed by atoms with van der Waals surface area (Å²) in [6, 6.07) is 0. The van der Waals surface area contributed by atoms with Crippen LogP contribution in [0.3, 0.4) is 0 Å². The van der Waals surface area contributed by atoms with Crippen LogP contribution in [0.25, 0.3) is 0 Å². The molecule has 136 valence electrons. The number of sulfonamides is 1. The second-order valence-electron chi connectivity index (χ2n) is 5.59. The van der Waals surface area contributed by atoms with E-state index in [0.717, 1.165) is 9.88 Å². The van der Waals surface area contributed by atoms with Crippen LogP contribution in [0.15, 0.2) is 27.2 Å². The summed E-state index contributed by atoms with van der Waals surface area (Å²) in [7, 11) is -2.23. The number of rotatable bonds is 9. The molecule has 0 unspecified atom stereocenters.